The number of nitrogens with zero attached hydrogens (tertiary/aromatic N) is 1. The number of carbonyl (C=O) groups is 2. The van der Waals surface area contributed by atoms with Crippen LogP contribution in [0.25, 0.3) is 0 Å². The van der Waals surface area contributed by atoms with Gasteiger partial charge in [0.15, 0.2) is 0 Å². The fourth-order valence-corrected chi connectivity index (χ4v) is 3.24. The van der Waals surface area contributed by atoms with E-state index in [1.54, 1.807) is 12.0 Å². The summed E-state index contributed by atoms with van der Waals surface area (Å²) in [7, 11) is 1.55. The molecule has 0 spiro atoms. The van der Waals surface area contributed by atoms with E-state index in [9.17, 15) is 9.59 Å². The summed E-state index contributed by atoms with van der Waals surface area (Å²) in [5.41, 5.74) is 0.0509. The molecule has 1 heterocycles. The van der Waals surface area contributed by atoms with Crippen molar-refractivity contribution < 1.29 is 19.1 Å². The summed E-state index contributed by atoms with van der Waals surface area (Å²) < 4.78 is 10.5. The van der Waals surface area contributed by atoms with Gasteiger partial charge in [0.2, 0.25) is 5.91 Å². The molecule has 1 N–H and O–H groups in total. The number of nitrogens with one attached hydrogen (secondary N) is 1. The Morgan fingerprint density at radius 2 is 1.77 bits per heavy atom. The van der Waals surface area contributed by atoms with Gasteiger partial charge in [-0.25, -0.2) is 4.79 Å². The average molecular weight is 362 g/mol. The van der Waals surface area contributed by atoms with Crippen molar-refractivity contribution in [1.29, 1.82) is 0 Å². The molecule has 1 saturated heterocycles. The molecule has 2 amide bonds. The zero-order valence-electron chi connectivity index (χ0n) is 16.2. The average Bonchev–Trinajstić information content (AvgIpc) is 2.59. The molecule has 6 heteroatoms. The second-order valence-electron chi connectivity index (χ2n) is 7.85. The SMILES string of the molecule is COCNC(=O)C1(Cc2ccccc2)CCN(C(=O)OC(C)(C)C)CC1. The molecule has 144 valence electrons. The van der Waals surface area contributed by atoms with Gasteiger partial charge in [0, 0.05) is 20.2 Å². The van der Waals surface area contributed by atoms with Crippen LogP contribution in [0.15, 0.2) is 30.3 Å². The number of hydrogen-bond acceptors (Lipinski definition) is 4. The van der Waals surface area contributed by atoms with Crippen LogP contribution >= 0.6 is 0 Å². The van der Waals surface area contributed by atoms with Crippen LogP contribution in [0.5, 0.6) is 0 Å². The fraction of sp³-hybridized carbons (Fsp3) is 0.600. The van der Waals surface area contributed by atoms with Crippen LogP contribution in [0.2, 0.25) is 0 Å². The third-order valence-corrected chi connectivity index (χ3v) is 4.62. The summed E-state index contributed by atoms with van der Waals surface area (Å²) in [5.74, 6) is -0.0213. The maximum absolute atomic E-state index is 12.9. The molecule has 1 aromatic rings. The predicted molar refractivity (Wildman–Crippen MR) is 99.6 cm³/mol. The molecule has 0 radical (unpaired) electrons. The van der Waals surface area contributed by atoms with Crippen LogP contribution in [0, 0.1) is 5.41 Å². The van der Waals surface area contributed by atoms with Gasteiger partial charge in [0.05, 0.1) is 5.41 Å². The molecule has 0 saturated carbocycles. The lowest BCUT2D eigenvalue weighted by atomic mass is 9.73. The largest absolute Gasteiger partial charge is 0.444 e. The van der Waals surface area contributed by atoms with Gasteiger partial charge in [-0.15, -0.1) is 0 Å². The number of rotatable bonds is 5. The highest BCUT2D eigenvalue weighted by atomic mass is 16.6. The summed E-state index contributed by atoms with van der Waals surface area (Å²) in [5, 5.41) is 2.85. The summed E-state index contributed by atoms with van der Waals surface area (Å²) in [6, 6.07) is 9.99. The van der Waals surface area contributed by atoms with E-state index in [4.69, 9.17) is 9.47 Å². The van der Waals surface area contributed by atoms with Crippen LogP contribution < -0.4 is 5.32 Å². The lowest BCUT2D eigenvalue weighted by Crippen LogP contribution is -2.52. The van der Waals surface area contributed by atoms with E-state index in [0.29, 0.717) is 32.4 Å². The lowest BCUT2D eigenvalue weighted by molar-refractivity contribution is -0.135. The number of amides is 2. The topological polar surface area (TPSA) is 67.9 Å². The molecule has 6 nitrogen and oxygen atoms in total. The molecule has 0 unspecified atom stereocenters. The number of hydrogen-bond donors (Lipinski definition) is 1. The Labute approximate surface area is 155 Å². The molecule has 0 bridgehead atoms. The second kappa shape index (κ2) is 8.54. The standard InChI is InChI=1S/C20H30N2O4/c1-19(2,3)26-18(24)22-12-10-20(11-13-22,17(23)21-15-25-4)14-16-8-6-5-7-9-16/h5-9H,10-15H2,1-4H3,(H,21,23). The van der Waals surface area contributed by atoms with Gasteiger partial charge in [-0.2, -0.15) is 0 Å². The minimum absolute atomic E-state index is 0.0213. The highest BCUT2D eigenvalue weighted by Crippen LogP contribution is 2.36. The maximum atomic E-state index is 12.9. The second-order valence-corrected chi connectivity index (χ2v) is 7.85. The molecule has 1 fully saturated rings. The zero-order valence-corrected chi connectivity index (χ0v) is 16.2. The molecule has 0 aliphatic carbocycles. The number of carbonyl (C=O) groups excluding carboxylic acids is 2. The Balaban J connectivity index is 2.09. The zero-order chi connectivity index (χ0) is 19.2. The van der Waals surface area contributed by atoms with E-state index >= 15 is 0 Å². The number of benzene rings is 1. The fourth-order valence-electron chi connectivity index (χ4n) is 3.24. The number of piperidine rings is 1. The molecule has 0 atom stereocenters. The van der Waals surface area contributed by atoms with E-state index in [1.807, 2.05) is 51.1 Å². The van der Waals surface area contributed by atoms with Gasteiger partial charge in [-0.1, -0.05) is 30.3 Å². The minimum Gasteiger partial charge on any atom is -0.444 e. The van der Waals surface area contributed by atoms with Crippen molar-refractivity contribution in [1.82, 2.24) is 10.2 Å². The highest BCUT2D eigenvalue weighted by molar-refractivity contribution is 5.83. The van der Waals surface area contributed by atoms with E-state index in [2.05, 4.69) is 5.32 Å². The lowest BCUT2D eigenvalue weighted by Gasteiger charge is -2.41. The molecule has 1 aromatic carbocycles. The first-order valence-corrected chi connectivity index (χ1v) is 9.05. The van der Waals surface area contributed by atoms with E-state index in [1.165, 1.54) is 0 Å². The number of likely N-dealkylation sites (tertiary alicyclic amines) is 1. The van der Waals surface area contributed by atoms with Gasteiger partial charge in [0.1, 0.15) is 12.3 Å². The molecular formula is C20H30N2O4. The maximum Gasteiger partial charge on any atom is 0.410 e. The smallest absolute Gasteiger partial charge is 0.410 e. The Morgan fingerprint density at radius 1 is 1.15 bits per heavy atom. The van der Waals surface area contributed by atoms with Crippen LogP contribution in [0.4, 0.5) is 4.79 Å². The predicted octanol–water partition coefficient (Wildman–Crippen LogP) is 2.97. The minimum atomic E-state index is -0.543. The van der Waals surface area contributed by atoms with Crippen molar-refractivity contribution in [2.45, 2.75) is 45.6 Å². The number of ether oxygens (including phenoxy) is 2. The normalized spacial score (nSPS) is 16.8. The van der Waals surface area contributed by atoms with Crippen molar-refractivity contribution in [2.24, 2.45) is 5.41 Å². The molecule has 1 aliphatic rings. The Hall–Kier alpha value is -2.08. The summed E-state index contributed by atoms with van der Waals surface area (Å²) in [6.45, 7) is 6.75. The van der Waals surface area contributed by atoms with Crippen LogP contribution in [-0.4, -0.2) is 49.4 Å². The molecule has 26 heavy (non-hydrogen) atoms. The third-order valence-electron chi connectivity index (χ3n) is 4.62. The molecule has 1 aliphatic heterocycles. The monoisotopic (exact) mass is 362 g/mol. The van der Waals surface area contributed by atoms with Crippen LogP contribution in [-0.2, 0) is 20.7 Å². The molecule has 2 rings (SSSR count). The Kier molecular flexibility index (Phi) is 6.64. The van der Waals surface area contributed by atoms with Crippen LogP contribution in [0.3, 0.4) is 0 Å². The molecular weight excluding hydrogens is 332 g/mol. The summed E-state index contributed by atoms with van der Waals surface area (Å²) in [4.78, 5) is 26.9. The Morgan fingerprint density at radius 3 is 2.31 bits per heavy atom. The van der Waals surface area contributed by atoms with Gasteiger partial charge >= 0.3 is 6.09 Å². The first-order chi connectivity index (χ1) is 12.3. The first-order valence-electron chi connectivity index (χ1n) is 9.05. The first kappa shape index (κ1) is 20.2. The van der Waals surface area contributed by atoms with Crippen molar-refractivity contribution >= 4 is 12.0 Å². The van der Waals surface area contributed by atoms with Gasteiger partial charge in [-0.3, -0.25) is 4.79 Å². The van der Waals surface area contributed by atoms with Gasteiger partial charge < -0.3 is 19.7 Å². The van der Waals surface area contributed by atoms with Crippen LogP contribution in [0.1, 0.15) is 39.2 Å². The van der Waals surface area contributed by atoms with Crippen molar-refractivity contribution in [3.05, 3.63) is 35.9 Å². The highest BCUT2D eigenvalue weighted by Gasteiger charge is 2.42. The summed E-state index contributed by atoms with van der Waals surface area (Å²) in [6.07, 6.45) is 1.52. The quantitative estimate of drug-likeness (QED) is 0.818. The summed E-state index contributed by atoms with van der Waals surface area (Å²) >= 11 is 0. The van der Waals surface area contributed by atoms with E-state index < -0.39 is 11.0 Å². The van der Waals surface area contributed by atoms with Gasteiger partial charge in [0.25, 0.3) is 0 Å². The Bertz CT molecular complexity index is 602. The van der Waals surface area contributed by atoms with E-state index in [0.717, 1.165) is 5.56 Å². The van der Waals surface area contributed by atoms with Crippen molar-refractivity contribution in [3.63, 3.8) is 0 Å². The third kappa shape index (κ3) is 5.46. The number of methoxy groups -OCH3 is 1. The van der Waals surface area contributed by atoms with Gasteiger partial charge in [-0.05, 0) is 45.6 Å². The van der Waals surface area contributed by atoms with E-state index in [-0.39, 0.29) is 18.7 Å². The van der Waals surface area contributed by atoms with Crippen molar-refractivity contribution in [2.75, 3.05) is 26.9 Å². The molecule has 0 aromatic heterocycles. The van der Waals surface area contributed by atoms with Crippen molar-refractivity contribution in [3.8, 4) is 0 Å².